The Morgan fingerprint density at radius 3 is 1.93 bits per heavy atom. The summed E-state index contributed by atoms with van der Waals surface area (Å²) >= 11 is 0. The van der Waals surface area contributed by atoms with Crippen LogP contribution in [0.2, 0.25) is 0 Å². The first-order chi connectivity index (χ1) is 19.6. The van der Waals surface area contributed by atoms with E-state index < -0.39 is 24.3 Å². The highest BCUT2D eigenvalue weighted by molar-refractivity contribution is 5.73. The van der Waals surface area contributed by atoms with Crippen molar-refractivity contribution in [1.29, 1.82) is 0 Å². The Morgan fingerprint density at radius 1 is 0.905 bits per heavy atom. The third-order valence-electron chi connectivity index (χ3n) is 7.65. The number of carbonyl (C=O) groups is 2. The SMILES string of the molecule is Cc1cccnc1N1CCN([C@@H]2c3ccccc3C3(CCNCC3)[C@H]2O)CC1.O=C(O)C(F)(F)F.O=C(O)C(F)(F)F. The molecular weight excluding hydrogens is 574 g/mol. The number of nitrogens with one attached hydrogen (secondary N) is 1. The van der Waals surface area contributed by atoms with Gasteiger partial charge in [0, 0.05) is 37.8 Å². The molecule has 3 aliphatic rings. The van der Waals surface area contributed by atoms with Crippen LogP contribution in [0.5, 0.6) is 0 Å². The molecule has 2 fully saturated rings. The minimum absolute atomic E-state index is 0.0821. The van der Waals surface area contributed by atoms with E-state index in [1.807, 2.05) is 12.3 Å². The van der Waals surface area contributed by atoms with E-state index >= 15 is 0 Å². The number of piperidine rings is 1. The van der Waals surface area contributed by atoms with Crippen molar-refractivity contribution in [2.24, 2.45) is 0 Å². The average molecular weight is 607 g/mol. The van der Waals surface area contributed by atoms with Crippen molar-refractivity contribution in [3.63, 3.8) is 0 Å². The lowest BCUT2D eigenvalue weighted by molar-refractivity contribution is -0.193. The van der Waals surface area contributed by atoms with Gasteiger partial charge in [0.25, 0.3) is 0 Å². The molecule has 3 heterocycles. The summed E-state index contributed by atoms with van der Waals surface area (Å²) < 4.78 is 63.5. The molecule has 9 nitrogen and oxygen atoms in total. The number of alkyl halides is 6. The summed E-state index contributed by atoms with van der Waals surface area (Å²) in [7, 11) is 0. The molecule has 15 heteroatoms. The highest BCUT2D eigenvalue weighted by Gasteiger charge is 2.53. The maximum absolute atomic E-state index is 11.6. The van der Waals surface area contributed by atoms with E-state index in [2.05, 4.69) is 57.4 Å². The molecule has 2 saturated heterocycles. The monoisotopic (exact) mass is 606 g/mol. The van der Waals surface area contributed by atoms with Gasteiger partial charge in [-0.1, -0.05) is 30.3 Å². The molecule has 1 aromatic heterocycles. The lowest BCUT2D eigenvalue weighted by atomic mass is 9.72. The number of rotatable bonds is 2. The Bertz CT molecular complexity index is 1200. The Kier molecular flexibility index (Phi) is 10.4. The van der Waals surface area contributed by atoms with Crippen LogP contribution >= 0.6 is 0 Å². The number of benzene rings is 1. The number of piperazine rings is 1. The van der Waals surface area contributed by atoms with Gasteiger partial charge >= 0.3 is 24.3 Å². The van der Waals surface area contributed by atoms with Crippen LogP contribution in [0.3, 0.4) is 0 Å². The maximum atomic E-state index is 11.6. The number of carboxylic acid groups (broad SMARTS) is 2. The molecule has 2 aromatic rings. The molecule has 4 N–H and O–H groups in total. The first kappa shape index (κ1) is 33.1. The van der Waals surface area contributed by atoms with Gasteiger partial charge in [0.05, 0.1) is 12.1 Å². The lowest BCUT2D eigenvalue weighted by Crippen LogP contribution is -2.53. The number of nitrogens with zero attached hydrogens (tertiary/aromatic N) is 3. The van der Waals surface area contributed by atoms with E-state index in [4.69, 9.17) is 19.8 Å². The number of pyridine rings is 1. The number of aliphatic hydroxyl groups excluding tert-OH is 1. The van der Waals surface area contributed by atoms with Gasteiger partial charge in [-0.15, -0.1) is 0 Å². The van der Waals surface area contributed by atoms with Crippen molar-refractivity contribution >= 4 is 17.8 Å². The van der Waals surface area contributed by atoms with Crippen LogP contribution in [0.25, 0.3) is 0 Å². The highest BCUT2D eigenvalue weighted by Crippen LogP contribution is 2.52. The Morgan fingerprint density at radius 2 is 1.43 bits per heavy atom. The Labute approximate surface area is 237 Å². The third-order valence-corrected chi connectivity index (χ3v) is 7.65. The van der Waals surface area contributed by atoms with Crippen molar-refractivity contribution in [1.82, 2.24) is 15.2 Å². The zero-order chi connectivity index (χ0) is 31.3. The summed E-state index contributed by atoms with van der Waals surface area (Å²) in [6, 6.07) is 13.0. The van der Waals surface area contributed by atoms with Crippen LogP contribution < -0.4 is 10.2 Å². The van der Waals surface area contributed by atoms with Crippen LogP contribution in [-0.4, -0.2) is 94.9 Å². The molecule has 2 atom stereocenters. The molecule has 1 spiro atoms. The number of hydrogen-bond donors (Lipinski definition) is 4. The molecule has 1 aliphatic carbocycles. The van der Waals surface area contributed by atoms with E-state index in [1.165, 1.54) is 16.7 Å². The fourth-order valence-corrected chi connectivity index (χ4v) is 5.69. The van der Waals surface area contributed by atoms with Gasteiger partial charge < -0.3 is 25.5 Å². The van der Waals surface area contributed by atoms with Gasteiger partial charge in [-0.05, 0) is 55.6 Å². The number of carboxylic acids is 2. The average Bonchev–Trinajstić information content (AvgIpc) is 3.16. The van der Waals surface area contributed by atoms with Crippen molar-refractivity contribution in [3.8, 4) is 0 Å². The van der Waals surface area contributed by atoms with Gasteiger partial charge in [-0.2, -0.15) is 26.3 Å². The van der Waals surface area contributed by atoms with E-state index in [-0.39, 0.29) is 17.6 Å². The smallest absolute Gasteiger partial charge is 0.475 e. The molecule has 42 heavy (non-hydrogen) atoms. The maximum Gasteiger partial charge on any atom is 0.490 e. The predicted octanol–water partition coefficient (Wildman–Crippen LogP) is 3.52. The first-order valence-electron chi connectivity index (χ1n) is 13.1. The number of aliphatic hydroxyl groups is 1. The molecule has 0 saturated carbocycles. The van der Waals surface area contributed by atoms with Crippen LogP contribution in [-0.2, 0) is 15.0 Å². The van der Waals surface area contributed by atoms with Crippen molar-refractivity contribution in [2.45, 2.75) is 49.7 Å². The zero-order valence-electron chi connectivity index (χ0n) is 22.6. The van der Waals surface area contributed by atoms with Gasteiger partial charge in [0.1, 0.15) is 5.82 Å². The number of aromatic nitrogens is 1. The van der Waals surface area contributed by atoms with E-state index in [1.54, 1.807) is 0 Å². The van der Waals surface area contributed by atoms with Crippen molar-refractivity contribution < 1.29 is 51.3 Å². The summed E-state index contributed by atoms with van der Waals surface area (Å²) in [6.45, 7) is 7.94. The summed E-state index contributed by atoms with van der Waals surface area (Å²) in [6.07, 6.45) is -6.56. The van der Waals surface area contributed by atoms with E-state index in [0.717, 1.165) is 57.9 Å². The number of anilines is 1. The predicted molar refractivity (Wildman–Crippen MR) is 139 cm³/mol. The zero-order valence-corrected chi connectivity index (χ0v) is 22.6. The minimum Gasteiger partial charge on any atom is -0.475 e. The highest BCUT2D eigenvalue weighted by atomic mass is 19.4. The second kappa shape index (κ2) is 13.3. The molecule has 0 radical (unpaired) electrons. The Balaban J connectivity index is 0.000000289. The number of hydrogen-bond acceptors (Lipinski definition) is 7. The van der Waals surface area contributed by atoms with Gasteiger partial charge in [0.2, 0.25) is 0 Å². The number of halogens is 6. The van der Waals surface area contributed by atoms with Gasteiger partial charge in [0.15, 0.2) is 0 Å². The van der Waals surface area contributed by atoms with Crippen LogP contribution in [0.4, 0.5) is 32.2 Å². The number of aryl methyl sites for hydroxylation is 1. The molecule has 2 aliphatic heterocycles. The number of fused-ring (bicyclic) bond motifs is 2. The van der Waals surface area contributed by atoms with Gasteiger partial charge in [-0.3, -0.25) is 4.90 Å². The topological polar surface area (TPSA) is 126 Å². The van der Waals surface area contributed by atoms with Crippen LogP contribution in [0, 0.1) is 6.92 Å². The molecular formula is C27H32F6N4O5. The molecule has 5 rings (SSSR count). The molecule has 0 unspecified atom stereocenters. The van der Waals surface area contributed by atoms with Crippen molar-refractivity contribution in [3.05, 3.63) is 59.3 Å². The first-order valence-corrected chi connectivity index (χ1v) is 13.1. The van der Waals surface area contributed by atoms with Crippen LogP contribution in [0.1, 0.15) is 35.6 Å². The molecule has 1 aromatic carbocycles. The fraction of sp³-hybridized carbons (Fsp3) is 0.519. The fourth-order valence-electron chi connectivity index (χ4n) is 5.69. The molecule has 232 valence electrons. The normalized spacial score (nSPS) is 21.9. The molecule has 0 amide bonds. The molecule has 0 bridgehead atoms. The van der Waals surface area contributed by atoms with Crippen LogP contribution in [0.15, 0.2) is 42.6 Å². The second-order valence-electron chi connectivity index (χ2n) is 10.2. The largest absolute Gasteiger partial charge is 0.490 e. The van der Waals surface area contributed by atoms with E-state index in [0.29, 0.717) is 0 Å². The van der Waals surface area contributed by atoms with E-state index in [9.17, 15) is 31.4 Å². The Hall–Kier alpha value is -3.43. The van der Waals surface area contributed by atoms with Gasteiger partial charge in [-0.25, -0.2) is 14.6 Å². The lowest BCUT2D eigenvalue weighted by Gasteiger charge is -2.43. The summed E-state index contributed by atoms with van der Waals surface area (Å²) in [5, 5.41) is 29.3. The quantitative estimate of drug-likeness (QED) is 0.380. The minimum atomic E-state index is -5.08. The summed E-state index contributed by atoms with van der Waals surface area (Å²) in [5.74, 6) is -4.41. The number of aliphatic carboxylic acids is 2. The van der Waals surface area contributed by atoms with Crippen molar-refractivity contribution in [2.75, 3.05) is 44.2 Å². The third kappa shape index (κ3) is 7.50. The summed E-state index contributed by atoms with van der Waals surface area (Å²) in [4.78, 5) is 27.3. The summed E-state index contributed by atoms with van der Waals surface area (Å²) in [5.41, 5.74) is 3.88. The second-order valence-corrected chi connectivity index (χ2v) is 10.2. The standard InChI is InChI=1S/C23H30N4O.2C2HF3O2/c1-17-5-4-10-25-22(17)27-15-13-26(14-16-27)20-18-6-2-3-7-19(18)23(21(20)28)8-11-24-12-9-23;2*3-2(4,5)1(6)7/h2-7,10,20-21,24,28H,8-9,11-16H2,1H3;2*(H,6,7)/t20-,21+;;/m1../s1.